The van der Waals surface area contributed by atoms with E-state index in [2.05, 4.69) is 10.6 Å². The van der Waals surface area contributed by atoms with Crippen LogP contribution in [0.25, 0.3) is 0 Å². The molecule has 0 radical (unpaired) electrons. The molecule has 1 atom stereocenters. The van der Waals surface area contributed by atoms with Crippen LogP contribution < -0.4 is 10.6 Å². The highest BCUT2D eigenvalue weighted by atomic mass is 16.6. The van der Waals surface area contributed by atoms with Crippen molar-refractivity contribution >= 4 is 12.0 Å². The number of carbonyl (C=O) groups excluding carboxylic acids is 2. The van der Waals surface area contributed by atoms with Crippen molar-refractivity contribution in [3.8, 4) is 0 Å². The molecule has 18 heavy (non-hydrogen) atoms. The summed E-state index contributed by atoms with van der Waals surface area (Å²) < 4.78 is 5.14. The molecule has 0 aliphatic heterocycles. The Kier molecular flexibility index (Phi) is 6.15. The van der Waals surface area contributed by atoms with Gasteiger partial charge >= 0.3 is 6.09 Å². The summed E-state index contributed by atoms with van der Waals surface area (Å²) in [6, 6.07) is -0.540. The number of rotatable bonds is 4. The smallest absolute Gasteiger partial charge is 0.408 e. The maximum Gasteiger partial charge on any atom is 0.408 e. The zero-order valence-electron chi connectivity index (χ0n) is 12.5. The number of alkyl carbamates (subject to hydrolysis) is 1. The predicted molar refractivity (Wildman–Crippen MR) is 71.3 cm³/mol. The summed E-state index contributed by atoms with van der Waals surface area (Å²) in [7, 11) is 0. The summed E-state index contributed by atoms with van der Waals surface area (Å²) >= 11 is 0. The Morgan fingerprint density at radius 1 is 1.00 bits per heavy atom. The molecule has 0 aliphatic carbocycles. The van der Waals surface area contributed by atoms with Crippen molar-refractivity contribution in [3.63, 3.8) is 0 Å². The van der Waals surface area contributed by atoms with E-state index in [1.54, 1.807) is 20.8 Å². The molecule has 5 heteroatoms. The summed E-state index contributed by atoms with van der Waals surface area (Å²) in [5, 5.41) is 5.39. The minimum Gasteiger partial charge on any atom is -0.444 e. The molecular weight excluding hydrogens is 232 g/mol. The van der Waals surface area contributed by atoms with E-state index < -0.39 is 17.7 Å². The molecule has 0 saturated carbocycles. The third-order valence-corrected chi connectivity index (χ3v) is 2.05. The predicted octanol–water partition coefficient (Wildman–Crippen LogP) is 2.06. The van der Waals surface area contributed by atoms with Crippen molar-refractivity contribution in [3.05, 3.63) is 0 Å². The van der Waals surface area contributed by atoms with E-state index in [4.69, 9.17) is 4.74 Å². The van der Waals surface area contributed by atoms with Gasteiger partial charge in [-0.15, -0.1) is 0 Å². The number of amides is 2. The van der Waals surface area contributed by atoms with Crippen LogP contribution in [0.15, 0.2) is 0 Å². The molecule has 0 unspecified atom stereocenters. The second-order valence-electron chi connectivity index (χ2n) is 6.03. The normalized spacial score (nSPS) is 13.4. The van der Waals surface area contributed by atoms with Gasteiger partial charge in [-0.2, -0.15) is 0 Å². The minimum absolute atomic E-state index is 0.00346. The zero-order valence-corrected chi connectivity index (χ0v) is 12.5. The molecule has 0 aromatic carbocycles. The van der Waals surface area contributed by atoms with Crippen LogP contribution in [0.2, 0.25) is 0 Å². The number of nitrogens with one attached hydrogen (secondary N) is 2. The molecule has 2 amide bonds. The van der Waals surface area contributed by atoms with E-state index in [9.17, 15) is 9.59 Å². The Morgan fingerprint density at radius 3 is 1.83 bits per heavy atom. The molecule has 2 N–H and O–H groups in total. The average Bonchev–Trinajstić information content (AvgIpc) is 2.09. The first kappa shape index (κ1) is 16.7. The van der Waals surface area contributed by atoms with E-state index in [1.807, 2.05) is 27.7 Å². The van der Waals surface area contributed by atoms with Gasteiger partial charge in [0.1, 0.15) is 11.6 Å². The van der Waals surface area contributed by atoms with Crippen LogP contribution in [0.1, 0.15) is 48.5 Å². The Bertz CT molecular complexity index is 293. The molecule has 0 aromatic rings. The van der Waals surface area contributed by atoms with E-state index in [0.29, 0.717) is 0 Å². The van der Waals surface area contributed by atoms with Gasteiger partial charge in [-0.1, -0.05) is 13.8 Å². The maximum atomic E-state index is 11.9. The molecule has 5 nitrogen and oxygen atoms in total. The second-order valence-corrected chi connectivity index (χ2v) is 6.03. The Balaban J connectivity index is 4.54. The Hall–Kier alpha value is -1.26. The van der Waals surface area contributed by atoms with Gasteiger partial charge in [-0.3, -0.25) is 4.79 Å². The summed E-state index contributed by atoms with van der Waals surface area (Å²) in [5.74, 6) is -0.192. The Morgan fingerprint density at radius 2 is 1.50 bits per heavy atom. The van der Waals surface area contributed by atoms with Crippen LogP contribution in [0.5, 0.6) is 0 Å². The molecule has 0 saturated heterocycles. The first-order chi connectivity index (χ1) is 8.03. The SMILES string of the molecule is CC(C)NC(=O)[C@@H](NC(=O)OC(C)(C)C)C(C)C. The maximum absolute atomic E-state index is 11.9. The van der Waals surface area contributed by atoms with Gasteiger partial charge in [0.05, 0.1) is 0 Å². The topological polar surface area (TPSA) is 67.4 Å². The van der Waals surface area contributed by atoms with Gasteiger partial charge < -0.3 is 15.4 Å². The number of carbonyl (C=O) groups is 2. The van der Waals surface area contributed by atoms with Gasteiger partial charge in [0.2, 0.25) is 5.91 Å². The summed E-state index contributed by atoms with van der Waals surface area (Å²) in [4.78, 5) is 23.6. The second kappa shape index (κ2) is 6.61. The van der Waals surface area contributed by atoms with Crippen molar-refractivity contribution in [1.29, 1.82) is 0 Å². The van der Waals surface area contributed by atoms with Crippen LogP contribution in [0.3, 0.4) is 0 Å². The van der Waals surface area contributed by atoms with Gasteiger partial charge in [-0.05, 0) is 40.5 Å². The van der Waals surface area contributed by atoms with E-state index >= 15 is 0 Å². The van der Waals surface area contributed by atoms with E-state index in [-0.39, 0.29) is 17.9 Å². The van der Waals surface area contributed by atoms with Crippen LogP contribution in [-0.2, 0) is 9.53 Å². The first-order valence-electron chi connectivity index (χ1n) is 6.33. The lowest BCUT2D eigenvalue weighted by atomic mass is 10.0. The molecule has 0 aliphatic rings. The molecule has 106 valence electrons. The van der Waals surface area contributed by atoms with Gasteiger partial charge in [0.15, 0.2) is 0 Å². The lowest BCUT2D eigenvalue weighted by molar-refractivity contribution is -0.124. The lowest BCUT2D eigenvalue weighted by Gasteiger charge is -2.25. The molecule has 0 rings (SSSR count). The summed E-state index contributed by atoms with van der Waals surface area (Å²) in [5.41, 5.74) is -0.569. The number of ether oxygens (including phenoxy) is 1. The van der Waals surface area contributed by atoms with Gasteiger partial charge in [0, 0.05) is 6.04 Å². The van der Waals surface area contributed by atoms with Crippen molar-refractivity contribution in [2.45, 2.75) is 66.2 Å². The van der Waals surface area contributed by atoms with Crippen LogP contribution in [-0.4, -0.2) is 29.7 Å². The van der Waals surface area contributed by atoms with Crippen LogP contribution in [0, 0.1) is 5.92 Å². The van der Waals surface area contributed by atoms with E-state index in [1.165, 1.54) is 0 Å². The molecule has 0 bridgehead atoms. The highest BCUT2D eigenvalue weighted by molar-refractivity contribution is 5.86. The largest absolute Gasteiger partial charge is 0.444 e. The minimum atomic E-state index is -0.581. The highest BCUT2D eigenvalue weighted by Crippen LogP contribution is 2.09. The highest BCUT2D eigenvalue weighted by Gasteiger charge is 2.26. The third-order valence-electron chi connectivity index (χ3n) is 2.05. The van der Waals surface area contributed by atoms with E-state index in [0.717, 1.165) is 0 Å². The molecule has 0 heterocycles. The van der Waals surface area contributed by atoms with Crippen molar-refractivity contribution in [2.24, 2.45) is 5.92 Å². The van der Waals surface area contributed by atoms with Gasteiger partial charge in [-0.25, -0.2) is 4.79 Å². The average molecular weight is 258 g/mol. The first-order valence-corrected chi connectivity index (χ1v) is 6.33. The lowest BCUT2D eigenvalue weighted by Crippen LogP contribution is -2.52. The molecule has 0 spiro atoms. The number of hydrogen-bond donors (Lipinski definition) is 2. The van der Waals surface area contributed by atoms with Crippen LogP contribution >= 0.6 is 0 Å². The number of hydrogen-bond acceptors (Lipinski definition) is 3. The van der Waals surface area contributed by atoms with Crippen molar-refractivity contribution < 1.29 is 14.3 Å². The summed E-state index contributed by atoms with van der Waals surface area (Å²) in [6.45, 7) is 12.9. The quantitative estimate of drug-likeness (QED) is 0.811. The Labute approximate surface area is 110 Å². The third kappa shape index (κ3) is 7.14. The summed E-state index contributed by atoms with van der Waals surface area (Å²) in [6.07, 6.45) is -0.569. The zero-order chi connectivity index (χ0) is 14.5. The standard InChI is InChI=1S/C13H26N2O3/c1-8(2)10(11(16)14-9(3)4)15-12(17)18-13(5,6)7/h8-10H,1-7H3,(H,14,16)(H,15,17)/t10-/m0/s1. The monoisotopic (exact) mass is 258 g/mol. The fraction of sp³-hybridized carbons (Fsp3) is 0.846. The van der Waals surface area contributed by atoms with Crippen molar-refractivity contribution in [2.75, 3.05) is 0 Å². The fourth-order valence-corrected chi connectivity index (χ4v) is 1.34. The van der Waals surface area contributed by atoms with Crippen LogP contribution in [0.4, 0.5) is 4.79 Å². The fourth-order valence-electron chi connectivity index (χ4n) is 1.34. The molecule has 0 fully saturated rings. The molecule has 0 aromatic heterocycles. The van der Waals surface area contributed by atoms with Crippen molar-refractivity contribution in [1.82, 2.24) is 10.6 Å². The molecular formula is C13H26N2O3. The van der Waals surface area contributed by atoms with Gasteiger partial charge in [0.25, 0.3) is 0 Å².